The average molecular weight is 424 g/mol. The third kappa shape index (κ3) is 10.9. The molecule has 0 atom stereocenters. The highest BCUT2D eigenvalue weighted by Crippen LogP contribution is 2.24. The van der Waals surface area contributed by atoms with E-state index in [2.05, 4.69) is 103 Å². The highest BCUT2D eigenvalue weighted by molar-refractivity contribution is 5.08. The van der Waals surface area contributed by atoms with Crippen molar-refractivity contribution in [2.75, 3.05) is 32.7 Å². The van der Waals surface area contributed by atoms with Crippen molar-refractivity contribution in [3.8, 4) is 0 Å². The van der Waals surface area contributed by atoms with Crippen molar-refractivity contribution in [1.82, 2.24) is 24.8 Å². The number of rotatable bonds is 2. The van der Waals surface area contributed by atoms with Crippen molar-refractivity contribution < 1.29 is 0 Å². The average Bonchev–Trinajstić information content (AvgIpc) is 2.92. The molecule has 0 saturated carbocycles. The lowest BCUT2D eigenvalue weighted by Crippen LogP contribution is -2.54. The van der Waals surface area contributed by atoms with Gasteiger partial charge >= 0.3 is 0 Å². The normalized spacial score (nSPS) is 17.2. The van der Waals surface area contributed by atoms with Crippen LogP contribution in [0.15, 0.2) is 6.20 Å². The van der Waals surface area contributed by atoms with E-state index in [0.29, 0.717) is 11.0 Å². The fourth-order valence-corrected chi connectivity index (χ4v) is 3.65. The summed E-state index contributed by atoms with van der Waals surface area (Å²) in [5.41, 5.74) is 2.34. The minimum atomic E-state index is 0. The second kappa shape index (κ2) is 10.6. The number of hydrogen-bond acceptors (Lipinski definition) is 4. The molecule has 0 spiro atoms. The molecule has 30 heavy (non-hydrogen) atoms. The standard InChI is InChI=1S/C13H28N2.C11H21N3.CH4/c1-12(2,3)11-14-7-9-15(10-8-14)13(4,5)6;1-10(2,3)8-14-9(7-12-13-14)11(4,5)6;/h7-11H2,1-6H3;7H,8H2,1-6H3;1H4. The molecule has 5 nitrogen and oxygen atoms in total. The van der Waals surface area contributed by atoms with Gasteiger partial charge in [-0.15, -0.1) is 5.10 Å². The Morgan fingerprint density at radius 1 is 0.733 bits per heavy atom. The summed E-state index contributed by atoms with van der Waals surface area (Å²) < 4.78 is 2.01. The van der Waals surface area contributed by atoms with Gasteiger partial charge in [-0.2, -0.15) is 0 Å². The van der Waals surface area contributed by atoms with E-state index in [-0.39, 0.29) is 18.3 Å². The topological polar surface area (TPSA) is 37.2 Å². The lowest BCUT2D eigenvalue weighted by atomic mass is 9.91. The maximum Gasteiger partial charge on any atom is 0.0730 e. The zero-order valence-corrected chi connectivity index (χ0v) is 21.6. The molecule has 0 radical (unpaired) electrons. The van der Waals surface area contributed by atoms with E-state index in [1.165, 1.54) is 38.4 Å². The summed E-state index contributed by atoms with van der Waals surface area (Å²) in [4.78, 5) is 5.19. The van der Waals surface area contributed by atoms with Crippen LogP contribution in [0.5, 0.6) is 0 Å². The minimum absolute atomic E-state index is 0. The molecule has 0 amide bonds. The highest BCUT2D eigenvalue weighted by Gasteiger charge is 2.27. The van der Waals surface area contributed by atoms with Gasteiger partial charge in [0.2, 0.25) is 0 Å². The van der Waals surface area contributed by atoms with Gasteiger partial charge in [0.25, 0.3) is 0 Å². The van der Waals surface area contributed by atoms with Gasteiger partial charge in [-0.1, -0.05) is 75.0 Å². The molecule has 1 aromatic rings. The third-order valence-electron chi connectivity index (χ3n) is 5.03. The van der Waals surface area contributed by atoms with Gasteiger partial charge in [0.1, 0.15) is 0 Å². The first-order chi connectivity index (χ1) is 12.9. The summed E-state index contributed by atoms with van der Waals surface area (Å²) >= 11 is 0. The van der Waals surface area contributed by atoms with E-state index in [1.807, 2.05) is 10.9 Å². The van der Waals surface area contributed by atoms with Crippen LogP contribution in [-0.4, -0.2) is 63.1 Å². The fourth-order valence-electron chi connectivity index (χ4n) is 3.65. The second-order valence-electron chi connectivity index (χ2n) is 13.1. The van der Waals surface area contributed by atoms with Gasteiger partial charge < -0.3 is 4.90 Å². The van der Waals surface area contributed by atoms with Gasteiger partial charge in [-0.25, -0.2) is 4.68 Å². The Morgan fingerprint density at radius 3 is 1.57 bits per heavy atom. The molecule has 0 bridgehead atoms. The van der Waals surface area contributed by atoms with Crippen LogP contribution in [0.1, 0.15) is 96.2 Å². The molecule has 1 saturated heterocycles. The van der Waals surface area contributed by atoms with Gasteiger partial charge in [0.15, 0.2) is 0 Å². The molecule has 0 N–H and O–H groups in total. The molecule has 178 valence electrons. The van der Waals surface area contributed by atoms with Crippen LogP contribution < -0.4 is 0 Å². The summed E-state index contributed by atoms with van der Waals surface area (Å²) in [6, 6.07) is 0. The van der Waals surface area contributed by atoms with E-state index in [0.717, 1.165) is 6.54 Å². The van der Waals surface area contributed by atoms with Gasteiger partial charge in [-0.3, -0.25) is 4.90 Å². The molecule has 0 aliphatic carbocycles. The van der Waals surface area contributed by atoms with Crippen molar-refractivity contribution in [2.45, 2.75) is 108 Å². The van der Waals surface area contributed by atoms with E-state index < -0.39 is 0 Å². The van der Waals surface area contributed by atoms with Gasteiger partial charge in [0, 0.05) is 50.2 Å². The molecule has 0 aromatic carbocycles. The van der Waals surface area contributed by atoms with Crippen molar-refractivity contribution in [1.29, 1.82) is 0 Å². The first kappa shape index (κ1) is 29.1. The summed E-state index contributed by atoms with van der Waals surface area (Å²) in [5.74, 6) is 0. The Kier molecular flexibility index (Phi) is 10.3. The Morgan fingerprint density at radius 2 is 1.20 bits per heavy atom. The zero-order valence-electron chi connectivity index (χ0n) is 21.6. The highest BCUT2D eigenvalue weighted by atomic mass is 15.4. The van der Waals surface area contributed by atoms with Gasteiger partial charge in [-0.05, 0) is 31.6 Å². The number of hydrogen-bond donors (Lipinski definition) is 0. The molecule has 5 heteroatoms. The van der Waals surface area contributed by atoms with Crippen LogP contribution >= 0.6 is 0 Å². The predicted octanol–water partition coefficient (Wildman–Crippen LogP) is 5.71. The SMILES string of the molecule is C.CC(C)(C)CN1CCN(C(C)(C)C)CC1.CC(C)(C)Cn1nncc1C(C)(C)C. The smallest absolute Gasteiger partial charge is 0.0730 e. The number of nitrogens with zero attached hydrogens (tertiary/aromatic N) is 5. The summed E-state index contributed by atoms with van der Waals surface area (Å²) in [7, 11) is 0. The lowest BCUT2D eigenvalue weighted by molar-refractivity contribution is 0.0481. The van der Waals surface area contributed by atoms with Crippen LogP contribution in [0.25, 0.3) is 0 Å². The molecule has 2 heterocycles. The molecule has 0 unspecified atom stereocenters. The second-order valence-corrected chi connectivity index (χ2v) is 13.1. The van der Waals surface area contributed by atoms with Crippen molar-refractivity contribution in [3.05, 3.63) is 11.9 Å². The maximum atomic E-state index is 4.13. The van der Waals surface area contributed by atoms with E-state index in [4.69, 9.17) is 0 Å². The number of aromatic nitrogens is 3. The summed E-state index contributed by atoms with van der Waals surface area (Å²) in [6.07, 6.45) is 1.87. The largest absolute Gasteiger partial charge is 0.300 e. The molecule has 1 aromatic heterocycles. The van der Waals surface area contributed by atoms with E-state index >= 15 is 0 Å². The van der Waals surface area contributed by atoms with Crippen molar-refractivity contribution >= 4 is 0 Å². The van der Waals surface area contributed by atoms with Crippen LogP contribution in [0, 0.1) is 10.8 Å². The first-order valence-corrected chi connectivity index (χ1v) is 11.2. The van der Waals surface area contributed by atoms with E-state index in [1.54, 1.807) is 0 Å². The molecule has 1 aliphatic rings. The maximum absolute atomic E-state index is 4.13. The minimum Gasteiger partial charge on any atom is -0.300 e. The molecule has 1 aliphatic heterocycles. The van der Waals surface area contributed by atoms with Crippen LogP contribution in [0.4, 0.5) is 0 Å². The first-order valence-electron chi connectivity index (χ1n) is 11.2. The monoisotopic (exact) mass is 423 g/mol. The summed E-state index contributed by atoms with van der Waals surface area (Å²) in [6.45, 7) is 34.1. The zero-order chi connectivity index (χ0) is 22.7. The summed E-state index contributed by atoms with van der Waals surface area (Å²) in [5, 5.41) is 8.12. The van der Waals surface area contributed by atoms with Gasteiger partial charge in [0.05, 0.1) is 11.9 Å². The Balaban J connectivity index is 0.000000544. The molecule has 1 fully saturated rings. The van der Waals surface area contributed by atoms with Crippen molar-refractivity contribution in [2.24, 2.45) is 10.8 Å². The van der Waals surface area contributed by atoms with E-state index in [9.17, 15) is 0 Å². The number of piperazine rings is 1. The van der Waals surface area contributed by atoms with Crippen LogP contribution in [-0.2, 0) is 12.0 Å². The quantitative estimate of drug-likeness (QED) is 0.611. The van der Waals surface area contributed by atoms with Crippen molar-refractivity contribution in [3.63, 3.8) is 0 Å². The van der Waals surface area contributed by atoms with Crippen LogP contribution in [0.2, 0.25) is 0 Å². The lowest BCUT2D eigenvalue weighted by Gasteiger charge is -2.43. The molecule has 2 rings (SSSR count). The fraction of sp³-hybridized carbons (Fsp3) is 0.920. The Labute approximate surface area is 188 Å². The predicted molar refractivity (Wildman–Crippen MR) is 132 cm³/mol. The molecular formula is C25H53N5. The molecular weight excluding hydrogens is 370 g/mol. The third-order valence-corrected chi connectivity index (χ3v) is 5.03. The Bertz CT molecular complexity index is 597. The Hall–Kier alpha value is -0.940. The van der Waals surface area contributed by atoms with Crippen LogP contribution in [0.3, 0.4) is 0 Å².